The molecule has 0 radical (unpaired) electrons. The molecule has 4 heterocycles. The van der Waals surface area contributed by atoms with E-state index in [-0.39, 0.29) is 30.3 Å². The van der Waals surface area contributed by atoms with Crippen LogP contribution in [0.4, 0.5) is 30.8 Å². The Morgan fingerprint density at radius 1 is 0.659 bits per heavy atom. The van der Waals surface area contributed by atoms with Crippen molar-refractivity contribution in [3.63, 3.8) is 0 Å². The zero-order chi connectivity index (χ0) is 29.1. The van der Waals surface area contributed by atoms with E-state index in [1.54, 1.807) is 12.1 Å². The highest BCUT2D eigenvalue weighted by molar-refractivity contribution is 5.76. The summed E-state index contributed by atoms with van der Waals surface area (Å²) in [7, 11) is 0. The molecule has 4 N–H and O–H groups in total. The summed E-state index contributed by atoms with van der Waals surface area (Å²) in [5.74, 6) is -0.0530. The van der Waals surface area contributed by atoms with Crippen molar-refractivity contribution >= 4 is 29.4 Å². The Hall–Kier alpha value is -4.42. The number of nitrogens with zero attached hydrogens (tertiary/aromatic N) is 3. The largest absolute Gasteiger partial charge is 0.454 e. The molecule has 41 heavy (non-hydrogen) atoms. The molecule has 6 bridgehead atoms. The Bertz CT molecular complexity index is 1300. The number of benzene rings is 2. The molecule has 0 aliphatic carbocycles. The molecule has 218 valence electrons. The number of hydrogen-bond donors (Lipinski definition) is 4. The van der Waals surface area contributed by atoms with E-state index in [4.69, 9.17) is 4.74 Å². The van der Waals surface area contributed by atoms with E-state index in [0.717, 1.165) is 42.4 Å². The maximum absolute atomic E-state index is 12.7. The highest BCUT2D eigenvalue weighted by Crippen LogP contribution is 2.21. The first kappa shape index (κ1) is 29.6. The van der Waals surface area contributed by atoms with Gasteiger partial charge in [-0.2, -0.15) is 28.1 Å². The third kappa shape index (κ3) is 10.6. The number of halogens is 3. The van der Waals surface area contributed by atoms with Gasteiger partial charge in [-0.3, -0.25) is 9.59 Å². The van der Waals surface area contributed by atoms with Crippen LogP contribution in [0.5, 0.6) is 6.01 Å². The topological polar surface area (TPSA) is 130 Å². The van der Waals surface area contributed by atoms with E-state index < -0.39 is 18.8 Å². The van der Waals surface area contributed by atoms with E-state index in [1.165, 1.54) is 0 Å². The van der Waals surface area contributed by atoms with Gasteiger partial charge in [-0.15, -0.1) is 0 Å². The normalized spacial score (nSPS) is 15.8. The minimum absolute atomic E-state index is 0.00624. The van der Waals surface area contributed by atoms with Crippen LogP contribution in [-0.2, 0) is 29.2 Å². The second-order valence-electron chi connectivity index (χ2n) is 9.63. The number of alkyl halides is 3. The summed E-state index contributed by atoms with van der Waals surface area (Å²) in [6.07, 6.45) is -0.443. The minimum Gasteiger partial charge on any atom is -0.454 e. The molecular weight excluding hydrogens is 539 g/mol. The van der Waals surface area contributed by atoms with Gasteiger partial charge in [0.15, 0.2) is 6.61 Å². The Morgan fingerprint density at radius 3 is 1.68 bits per heavy atom. The Balaban J connectivity index is 1.51. The number of fused-ring (bicyclic) bond motifs is 2. The van der Waals surface area contributed by atoms with E-state index in [2.05, 4.69) is 36.2 Å². The molecule has 3 aromatic rings. The molecule has 13 heteroatoms. The van der Waals surface area contributed by atoms with Crippen molar-refractivity contribution in [3.05, 3.63) is 65.2 Å². The molecule has 0 saturated heterocycles. The van der Waals surface area contributed by atoms with Crippen LogP contribution in [0.15, 0.2) is 48.5 Å². The standard InChI is InChI=1S/C28H32F3N7O3/c29-28(30,31)18-41-27-37-25-34-17-20-9-7-19(8-10-20)15-32-23(39)5-3-1-2-4-6-24(40)33-16-21-11-13-22(14-12-21)35-26(36-25)38-27/h7-14H,1-6,15-18H2,(H,32,39)(H,33,40)(H2,34,35,36,37,38). The zero-order valence-electron chi connectivity index (χ0n) is 22.4. The highest BCUT2D eigenvalue weighted by Gasteiger charge is 2.29. The van der Waals surface area contributed by atoms with E-state index in [0.29, 0.717) is 31.6 Å². The van der Waals surface area contributed by atoms with Gasteiger partial charge in [-0.1, -0.05) is 49.2 Å². The summed E-state index contributed by atoms with van der Waals surface area (Å²) in [4.78, 5) is 36.6. The molecule has 0 saturated carbocycles. The summed E-state index contributed by atoms with van der Waals surface area (Å²) in [6.45, 7) is -0.505. The quantitative estimate of drug-likeness (QED) is 0.347. The van der Waals surface area contributed by atoms with Crippen molar-refractivity contribution in [1.82, 2.24) is 25.6 Å². The lowest BCUT2D eigenvalue weighted by atomic mass is 10.1. The minimum atomic E-state index is -4.56. The van der Waals surface area contributed by atoms with Gasteiger partial charge in [0, 0.05) is 38.2 Å². The van der Waals surface area contributed by atoms with Crippen LogP contribution in [0.2, 0.25) is 0 Å². The van der Waals surface area contributed by atoms with Crippen LogP contribution in [0.25, 0.3) is 0 Å². The van der Waals surface area contributed by atoms with Crippen LogP contribution in [0, 0.1) is 0 Å². The van der Waals surface area contributed by atoms with Crippen molar-refractivity contribution in [2.75, 3.05) is 17.2 Å². The third-order valence-corrected chi connectivity index (χ3v) is 6.20. The predicted molar refractivity (Wildman–Crippen MR) is 146 cm³/mol. The van der Waals surface area contributed by atoms with Crippen LogP contribution >= 0.6 is 0 Å². The molecule has 0 fully saturated rings. The van der Waals surface area contributed by atoms with Crippen molar-refractivity contribution < 1.29 is 27.5 Å². The fourth-order valence-electron chi connectivity index (χ4n) is 4.00. The first-order valence-corrected chi connectivity index (χ1v) is 13.4. The van der Waals surface area contributed by atoms with Gasteiger partial charge in [0.05, 0.1) is 0 Å². The molecule has 1 aromatic heterocycles. The number of nitrogens with one attached hydrogen (secondary N) is 4. The van der Waals surface area contributed by atoms with Crippen molar-refractivity contribution in [3.8, 4) is 6.01 Å². The fraction of sp³-hybridized carbons (Fsp3) is 0.393. The van der Waals surface area contributed by atoms with Gasteiger partial charge in [0.2, 0.25) is 23.7 Å². The van der Waals surface area contributed by atoms with Gasteiger partial charge in [0.25, 0.3) is 0 Å². The molecule has 3 aliphatic heterocycles. The number of anilines is 3. The highest BCUT2D eigenvalue weighted by atomic mass is 19.4. The average molecular weight is 572 g/mol. The summed E-state index contributed by atoms with van der Waals surface area (Å²) in [5.41, 5.74) is 3.25. The summed E-state index contributed by atoms with van der Waals surface area (Å²) < 4.78 is 43.0. The van der Waals surface area contributed by atoms with Crippen LogP contribution < -0.4 is 26.0 Å². The van der Waals surface area contributed by atoms with Crippen LogP contribution in [0.3, 0.4) is 0 Å². The third-order valence-electron chi connectivity index (χ3n) is 6.20. The zero-order valence-corrected chi connectivity index (χ0v) is 22.4. The molecule has 3 aliphatic rings. The van der Waals surface area contributed by atoms with E-state index in [1.807, 2.05) is 36.4 Å². The first-order valence-electron chi connectivity index (χ1n) is 13.4. The molecular formula is C28H32F3N7O3. The van der Waals surface area contributed by atoms with Crippen LogP contribution in [-0.4, -0.2) is 39.5 Å². The number of amides is 2. The summed E-state index contributed by atoms with van der Waals surface area (Å²) in [5, 5.41) is 11.8. The van der Waals surface area contributed by atoms with Gasteiger partial charge in [0.1, 0.15) is 0 Å². The number of carbonyl (C=O) groups excluding carboxylic acids is 2. The average Bonchev–Trinajstić information content (AvgIpc) is 2.95. The summed E-state index contributed by atoms with van der Waals surface area (Å²) in [6, 6.07) is 14.1. The lowest BCUT2D eigenvalue weighted by Gasteiger charge is -2.13. The molecule has 10 nitrogen and oxygen atoms in total. The summed E-state index contributed by atoms with van der Waals surface area (Å²) >= 11 is 0. The van der Waals surface area contributed by atoms with Gasteiger partial charge in [-0.25, -0.2) is 0 Å². The van der Waals surface area contributed by atoms with Gasteiger partial charge < -0.3 is 26.0 Å². The first-order chi connectivity index (χ1) is 19.7. The van der Waals surface area contributed by atoms with E-state index >= 15 is 0 Å². The van der Waals surface area contributed by atoms with Crippen molar-refractivity contribution in [2.24, 2.45) is 0 Å². The second kappa shape index (κ2) is 14.3. The van der Waals surface area contributed by atoms with Crippen molar-refractivity contribution in [1.29, 1.82) is 0 Å². The maximum Gasteiger partial charge on any atom is 0.422 e. The Morgan fingerprint density at radius 2 is 1.15 bits per heavy atom. The second-order valence-corrected chi connectivity index (χ2v) is 9.63. The number of ether oxygens (including phenoxy) is 1. The lowest BCUT2D eigenvalue weighted by molar-refractivity contribution is -0.154. The lowest BCUT2D eigenvalue weighted by Crippen LogP contribution is -2.22. The molecule has 2 aromatic carbocycles. The smallest absolute Gasteiger partial charge is 0.422 e. The molecule has 2 amide bonds. The number of rotatable bonds is 2. The van der Waals surface area contributed by atoms with Gasteiger partial charge in [-0.05, 0) is 41.7 Å². The predicted octanol–water partition coefficient (Wildman–Crippen LogP) is 4.76. The molecule has 0 unspecified atom stereocenters. The number of aromatic nitrogens is 3. The van der Waals surface area contributed by atoms with Gasteiger partial charge >= 0.3 is 12.2 Å². The molecule has 0 spiro atoms. The van der Waals surface area contributed by atoms with Crippen molar-refractivity contribution in [2.45, 2.75) is 64.3 Å². The maximum atomic E-state index is 12.7. The molecule has 0 atom stereocenters. The Labute approximate surface area is 235 Å². The SMILES string of the molecule is O=C1CCCCCCC(=O)NCc2ccc(cc2)Nc2nc(nc(OCC(F)(F)F)n2)NCc2ccc(cc2)CN1. The number of hydrogen-bond acceptors (Lipinski definition) is 8. The van der Waals surface area contributed by atoms with E-state index in [9.17, 15) is 22.8 Å². The number of carbonyl (C=O) groups is 2. The fourth-order valence-corrected chi connectivity index (χ4v) is 4.00. The Kier molecular flexibility index (Phi) is 10.3. The van der Waals surface area contributed by atoms with Crippen LogP contribution in [0.1, 0.15) is 55.2 Å². The monoisotopic (exact) mass is 571 g/mol. The molecule has 6 rings (SSSR count).